The van der Waals surface area contributed by atoms with Gasteiger partial charge in [0, 0.05) is 19.6 Å². The molecule has 118 valence electrons. The third kappa shape index (κ3) is 3.24. The van der Waals surface area contributed by atoms with Crippen molar-refractivity contribution in [3.63, 3.8) is 0 Å². The largest absolute Gasteiger partial charge is 0.497 e. The van der Waals surface area contributed by atoms with Crippen molar-refractivity contribution in [3.8, 4) is 5.75 Å². The maximum absolute atomic E-state index is 6.18. The monoisotopic (exact) mass is 291 g/mol. The van der Waals surface area contributed by atoms with Crippen molar-refractivity contribution in [2.24, 2.45) is 5.92 Å². The van der Waals surface area contributed by atoms with Gasteiger partial charge in [-0.3, -0.25) is 0 Å². The summed E-state index contributed by atoms with van der Waals surface area (Å²) in [5.41, 5.74) is 2.42. The van der Waals surface area contributed by atoms with Crippen molar-refractivity contribution in [1.29, 1.82) is 0 Å². The number of hydrogen-bond acceptors (Lipinski definition) is 3. The number of nitrogens with zero attached hydrogens (tertiary/aromatic N) is 1. The Bertz CT molecular complexity index is 472. The van der Waals surface area contributed by atoms with Crippen LogP contribution in [0.2, 0.25) is 0 Å². The van der Waals surface area contributed by atoms with E-state index in [1.54, 1.807) is 7.11 Å². The van der Waals surface area contributed by atoms with Gasteiger partial charge in [-0.05, 0) is 57.1 Å². The van der Waals surface area contributed by atoms with Crippen LogP contribution in [-0.4, -0.2) is 39.8 Å². The summed E-state index contributed by atoms with van der Waals surface area (Å²) in [5, 5.41) is 0. The first-order valence-electron chi connectivity index (χ1n) is 7.88. The van der Waals surface area contributed by atoms with E-state index in [0.29, 0.717) is 5.92 Å². The van der Waals surface area contributed by atoms with E-state index in [0.717, 1.165) is 18.7 Å². The molecule has 1 aliphatic carbocycles. The lowest BCUT2D eigenvalue weighted by Gasteiger charge is -2.45. The van der Waals surface area contributed by atoms with Crippen LogP contribution in [0.3, 0.4) is 0 Å². The van der Waals surface area contributed by atoms with Crippen LogP contribution in [0.1, 0.15) is 36.8 Å². The van der Waals surface area contributed by atoms with Gasteiger partial charge in [0.25, 0.3) is 0 Å². The Kier molecular flexibility index (Phi) is 5.28. The van der Waals surface area contributed by atoms with E-state index in [-0.39, 0.29) is 5.60 Å². The first-order chi connectivity index (χ1) is 10.0. The van der Waals surface area contributed by atoms with Crippen molar-refractivity contribution in [2.45, 2.75) is 38.2 Å². The van der Waals surface area contributed by atoms with E-state index in [4.69, 9.17) is 9.47 Å². The summed E-state index contributed by atoms with van der Waals surface area (Å²) in [6.07, 6.45) is 4.85. The Balaban J connectivity index is 2.46. The highest BCUT2D eigenvalue weighted by atomic mass is 16.5. The minimum atomic E-state index is -0.179. The second-order valence-electron chi connectivity index (χ2n) is 6.48. The summed E-state index contributed by atoms with van der Waals surface area (Å²) in [6.45, 7) is 3.24. The van der Waals surface area contributed by atoms with E-state index < -0.39 is 0 Å². The average molecular weight is 291 g/mol. The normalized spacial score (nSPS) is 26.1. The Morgan fingerprint density at radius 2 is 2.00 bits per heavy atom. The van der Waals surface area contributed by atoms with Crippen molar-refractivity contribution < 1.29 is 9.47 Å². The second kappa shape index (κ2) is 6.80. The fourth-order valence-corrected chi connectivity index (χ4v) is 3.81. The van der Waals surface area contributed by atoms with Crippen LogP contribution in [0, 0.1) is 12.8 Å². The molecule has 21 heavy (non-hydrogen) atoms. The standard InChI is InChI=1S/C18H29NO2/c1-14-9-10-16(20-4)12-17(14)18(21-5)11-7-6-8-15(18)13-19(2)3/h9-10,12,15H,6-8,11,13H2,1-5H3/t15-,18-/m1/s1. The first kappa shape index (κ1) is 16.3. The first-order valence-corrected chi connectivity index (χ1v) is 7.88. The van der Waals surface area contributed by atoms with Crippen LogP contribution in [0.5, 0.6) is 5.75 Å². The highest BCUT2D eigenvalue weighted by Gasteiger charge is 2.43. The molecular formula is C18H29NO2. The van der Waals surface area contributed by atoms with Crippen molar-refractivity contribution in [2.75, 3.05) is 34.9 Å². The van der Waals surface area contributed by atoms with Crippen LogP contribution in [0.25, 0.3) is 0 Å². The molecule has 0 radical (unpaired) electrons. The molecule has 0 heterocycles. The molecule has 0 unspecified atom stereocenters. The van der Waals surface area contributed by atoms with Gasteiger partial charge >= 0.3 is 0 Å². The maximum atomic E-state index is 6.18. The number of benzene rings is 1. The molecule has 2 rings (SSSR count). The molecule has 0 spiro atoms. The predicted molar refractivity (Wildman–Crippen MR) is 86.9 cm³/mol. The van der Waals surface area contributed by atoms with Crippen molar-refractivity contribution in [3.05, 3.63) is 29.3 Å². The Morgan fingerprint density at radius 3 is 2.62 bits per heavy atom. The molecule has 1 fully saturated rings. The topological polar surface area (TPSA) is 21.7 Å². The SMILES string of the molecule is COc1ccc(C)c([C@@]2(OC)CCCC[C@@H]2CN(C)C)c1. The van der Waals surface area contributed by atoms with E-state index >= 15 is 0 Å². The highest BCUT2D eigenvalue weighted by Crippen LogP contribution is 2.46. The zero-order valence-corrected chi connectivity index (χ0v) is 14.1. The second-order valence-corrected chi connectivity index (χ2v) is 6.48. The number of rotatable bonds is 5. The minimum Gasteiger partial charge on any atom is -0.497 e. The quantitative estimate of drug-likeness (QED) is 0.827. The molecule has 0 amide bonds. The zero-order valence-electron chi connectivity index (χ0n) is 14.1. The van der Waals surface area contributed by atoms with Crippen LogP contribution in [-0.2, 0) is 10.3 Å². The third-order valence-electron chi connectivity index (χ3n) is 4.86. The Hall–Kier alpha value is -1.06. The lowest BCUT2D eigenvalue weighted by Crippen LogP contribution is -2.45. The van der Waals surface area contributed by atoms with E-state index in [1.165, 1.54) is 30.4 Å². The zero-order chi connectivity index (χ0) is 15.5. The Morgan fingerprint density at radius 1 is 1.24 bits per heavy atom. The lowest BCUT2D eigenvalue weighted by atomic mass is 9.70. The number of hydrogen-bond donors (Lipinski definition) is 0. The third-order valence-corrected chi connectivity index (χ3v) is 4.86. The van der Waals surface area contributed by atoms with Gasteiger partial charge < -0.3 is 14.4 Å². The van der Waals surface area contributed by atoms with Gasteiger partial charge in [-0.25, -0.2) is 0 Å². The van der Waals surface area contributed by atoms with Gasteiger partial charge in [0.15, 0.2) is 0 Å². The molecule has 0 N–H and O–H groups in total. The summed E-state index contributed by atoms with van der Waals surface area (Å²) in [6, 6.07) is 6.36. The molecule has 3 nitrogen and oxygen atoms in total. The molecule has 0 bridgehead atoms. The summed E-state index contributed by atoms with van der Waals surface area (Å²) in [7, 11) is 7.89. The van der Waals surface area contributed by atoms with Crippen LogP contribution < -0.4 is 4.74 Å². The van der Waals surface area contributed by atoms with Crippen LogP contribution in [0.15, 0.2) is 18.2 Å². The smallest absolute Gasteiger partial charge is 0.119 e. The predicted octanol–water partition coefficient (Wildman–Crippen LogP) is 3.60. The fraction of sp³-hybridized carbons (Fsp3) is 0.667. The van der Waals surface area contributed by atoms with Crippen LogP contribution in [0.4, 0.5) is 0 Å². The van der Waals surface area contributed by atoms with Crippen molar-refractivity contribution >= 4 is 0 Å². The minimum absolute atomic E-state index is 0.179. The number of ether oxygens (including phenoxy) is 2. The molecular weight excluding hydrogens is 262 g/mol. The molecule has 1 aliphatic rings. The molecule has 1 saturated carbocycles. The van der Waals surface area contributed by atoms with Gasteiger partial charge in [0.1, 0.15) is 5.75 Å². The molecule has 0 aliphatic heterocycles. The molecule has 2 atom stereocenters. The number of methoxy groups -OCH3 is 2. The van der Waals surface area contributed by atoms with E-state index in [9.17, 15) is 0 Å². The van der Waals surface area contributed by atoms with E-state index in [2.05, 4.69) is 38.1 Å². The van der Waals surface area contributed by atoms with Crippen LogP contribution >= 0.6 is 0 Å². The summed E-state index contributed by atoms with van der Waals surface area (Å²) in [4.78, 5) is 2.28. The molecule has 1 aromatic rings. The van der Waals surface area contributed by atoms with Crippen molar-refractivity contribution in [1.82, 2.24) is 4.90 Å². The van der Waals surface area contributed by atoms with E-state index in [1.807, 2.05) is 13.2 Å². The van der Waals surface area contributed by atoms with Gasteiger partial charge in [0.2, 0.25) is 0 Å². The van der Waals surface area contributed by atoms with Gasteiger partial charge in [0.05, 0.1) is 12.7 Å². The highest BCUT2D eigenvalue weighted by molar-refractivity contribution is 5.39. The average Bonchev–Trinajstić information content (AvgIpc) is 2.48. The molecule has 0 saturated heterocycles. The lowest BCUT2D eigenvalue weighted by molar-refractivity contribution is -0.0956. The molecule has 0 aromatic heterocycles. The Labute approximate surface area is 129 Å². The van der Waals surface area contributed by atoms with Gasteiger partial charge in [-0.1, -0.05) is 18.9 Å². The molecule has 3 heteroatoms. The maximum Gasteiger partial charge on any atom is 0.119 e. The van der Waals surface area contributed by atoms with Gasteiger partial charge in [-0.15, -0.1) is 0 Å². The summed E-state index contributed by atoms with van der Waals surface area (Å²) in [5.74, 6) is 1.44. The summed E-state index contributed by atoms with van der Waals surface area (Å²) >= 11 is 0. The van der Waals surface area contributed by atoms with Gasteiger partial charge in [-0.2, -0.15) is 0 Å². The molecule has 1 aromatic carbocycles. The summed E-state index contributed by atoms with van der Waals surface area (Å²) < 4.78 is 11.6. The fourth-order valence-electron chi connectivity index (χ4n) is 3.81. The number of aryl methyl sites for hydroxylation is 1.